The van der Waals surface area contributed by atoms with Gasteiger partial charge in [0, 0.05) is 24.4 Å². The monoisotopic (exact) mass is 407 g/mol. The Morgan fingerprint density at radius 2 is 1.83 bits per heavy atom. The maximum Gasteiger partial charge on any atom is 0.223 e. The standard InChI is InChI=1S/C24H29N3O3/c1-24(2,3)27-14-17(13-22(27)29)23-25-20-11-7-8-12-21(20)26(23)15-18(28)16-30-19-9-5-4-6-10-19/h4-12,17-18,28H,13-16H2,1-3H3/t17-,18-/m0/s1. The fraction of sp³-hybridized carbons (Fsp3) is 0.417. The number of para-hydroxylation sites is 3. The van der Waals surface area contributed by atoms with Crippen LogP contribution in [0.4, 0.5) is 0 Å². The van der Waals surface area contributed by atoms with Gasteiger partial charge in [-0.25, -0.2) is 4.98 Å². The molecule has 0 unspecified atom stereocenters. The fourth-order valence-corrected chi connectivity index (χ4v) is 4.10. The number of likely N-dealkylation sites (tertiary alicyclic amines) is 1. The van der Waals surface area contributed by atoms with E-state index in [4.69, 9.17) is 9.72 Å². The van der Waals surface area contributed by atoms with Crippen molar-refractivity contribution < 1.29 is 14.6 Å². The molecule has 0 bridgehead atoms. The van der Waals surface area contributed by atoms with Gasteiger partial charge in [0.2, 0.25) is 5.91 Å². The molecule has 1 N–H and O–H groups in total. The molecule has 1 aromatic heterocycles. The highest BCUT2D eigenvalue weighted by Crippen LogP contribution is 2.34. The number of aliphatic hydroxyl groups is 1. The molecule has 0 saturated carbocycles. The molecule has 0 radical (unpaired) electrons. The molecule has 1 fully saturated rings. The zero-order chi connectivity index (χ0) is 21.3. The van der Waals surface area contributed by atoms with Gasteiger partial charge in [0.1, 0.15) is 24.3 Å². The molecule has 1 saturated heterocycles. The summed E-state index contributed by atoms with van der Waals surface area (Å²) in [5.41, 5.74) is 1.63. The number of carbonyl (C=O) groups is 1. The molecule has 1 aliphatic heterocycles. The molecule has 0 spiro atoms. The lowest BCUT2D eigenvalue weighted by atomic mass is 10.1. The van der Waals surface area contributed by atoms with Crippen molar-refractivity contribution in [3.63, 3.8) is 0 Å². The summed E-state index contributed by atoms with van der Waals surface area (Å²) in [7, 11) is 0. The minimum Gasteiger partial charge on any atom is -0.491 e. The van der Waals surface area contributed by atoms with Gasteiger partial charge in [-0.3, -0.25) is 4.79 Å². The van der Waals surface area contributed by atoms with Crippen molar-refractivity contribution in [2.75, 3.05) is 13.2 Å². The van der Waals surface area contributed by atoms with E-state index in [1.807, 2.05) is 59.5 Å². The van der Waals surface area contributed by atoms with Crippen molar-refractivity contribution in [3.8, 4) is 5.75 Å². The zero-order valence-corrected chi connectivity index (χ0v) is 17.8. The lowest BCUT2D eigenvalue weighted by Gasteiger charge is -2.32. The molecule has 3 aromatic rings. The first-order valence-electron chi connectivity index (χ1n) is 10.4. The van der Waals surface area contributed by atoms with E-state index in [1.54, 1.807) is 0 Å². The predicted molar refractivity (Wildman–Crippen MR) is 117 cm³/mol. The van der Waals surface area contributed by atoms with E-state index in [1.165, 1.54) is 0 Å². The first-order chi connectivity index (χ1) is 14.3. The number of imidazole rings is 1. The van der Waals surface area contributed by atoms with Gasteiger partial charge >= 0.3 is 0 Å². The van der Waals surface area contributed by atoms with Gasteiger partial charge in [0.15, 0.2) is 0 Å². The Labute approximate surface area is 177 Å². The van der Waals surface area contributed by atoms with Crippen LogP contribution in [0, 0.1) is 0 Å². The molecule has 158 valence electrons. The van der Waals surface area contributed by atoms with Gasteiger partial charge in [-0.05, 0) is 45.0 Å². The minimum absolute atomic E-state index is 0.00590. The van der Waals surface area contributed by atoms with Crippen LogP contribution in [0.15, 0.2) is 54.6 Å². The second-order valence-electron chi connectivity index (χ2n) is 8.92. The van der Waals surface area contributed by atoms with E-state index in [0.717, 1.165) is 22.6 Å². The second-order valence-corrected chi connectivity index (χ2v) is 8.92. The van der Waals surface area contributed by atoms with E-state index in [-0.39, 0.29) is 24.0 Å². The first-order valence-corrected chi connectivity index (χ1v) is 10.4. The molecule has 30 heavy (non-hydrogen) atoms. The number of aliphatic hydroxyl groups excluding tert-OH is 1. The van der Waals surface area contributed by atoms with Crippen LogP contribution in [-0.2, 0) is 11.3 Å². The molecule has 0 aliphatic carbocycles. The summed E-state index contributed by atoms with van der Waals surface area (Å²) in [5.74, 6) is 1.75. The topological polar surface area (TPSA) is 67.6 Å². The van der Waals surface area contributed by atoms with Crippen LogP contribution in [0.5, 0.6) is 5.75 Å². The number of hydrogen-bond acceptors (Lipinski definition) is 4. The summed E-state index contributed by atoms with van der Waals surface area (Å²) in [4.78, 5) is 19.4. The van der Waals surface area contributed by atoms with E-state index in [0.29, 0.717) is 19.5 Å². The molecule has 1 aliphatic rings. The van der Waals surface area contributed by atoms with E-state index in [9.17, 15) is 9.90 Å². The summed E-state index contributed by atoms with van der Waals surface area (Å²) in [6.07, 6.45) is -0.255. The van der Waals surface area contributed by atoms with Crippen LogP contribution < -0.4 is 4.74 Å². The normalized spacial score (nSPS) is 18.2. The molecular weight excluding hydrogens is 378 g/mol. The van der Waals surface area contributed by atoms with Gasteiger partial charge < -0.3 is 19.3 Å². The van der Waals surface area contributed by atoms with E-state index < -0.39 is 6.10 Å². The molecule has 2 aromatic carbocycles. The number of ether oxygens (including phenoxy) is 1. The Bertz CT molecular complexity index is 1020. The number of nitrogens with zero attached hydrogens (tertiary/aromatic N) is 3. The number of benzene rings is 2. The summed E-state index contributed by atoms with van der Waals surface area (Å²) in [5, 5.41) is 10.7. The number of fused-ring (bicyclic) bond motifs is 1. The van der Waals surface area contributed by atoms with E-state index >= 15 is 0 Å². The van der Waals surface area contributed by atoms with Gasteiger partial charge in [-0.2, -0.15) is 0 Å². The van der Waals surface area contributed by atoms with Crippen LogP contribution in [0.3, 0.4) is 0 Å². The van der Waals surface area contributed by atoms with Crippen molar-refractivity contribution >= 4 is 16.9 Å². The third-order valence-corrected chi connectivity index (χ3v) is 5.56. The molecule has 1 amide bonds. The van der Waals surface area contributed by atoms with Crippen molar-refractivity contribution in [2.45, 2.75) is 51.3 Å². The zero-order valence-electron chi connectivity index (χ0n) is 17.8. The summed E-state index contributed by atoms with van der Waals surface area (Å²) >= 11 is 0. The number of amides is 1. The highest BCUT2D eigenvalue weighted by atomic mass is 16.5. The Hall–Kier alpha value is -2.86. The van der Waals surface area contributed by atoms with Crippen molar-refractivity contribution in [3.05, 3.63) is 60.4 Å². The smallest absolute Gasteiger partial charge is 0.223 e. The highest BCUT2D eigenvalue weighted by molar-refractivity contribution is 5.81. The largest absolute Gasteiger partial charge is 0.491 e. The average molecular weight is 408 g/mol. The first kappa shape index (κ1) is 20.4. The molecule has 6 nitrogen and oxygen atoms in total. The number of carbonyl (C=O) groups excluding carboxylic acids is 1. The van der Waals surface area contributed by atoms with E-state index in [2.05, 4.69) is 25.3 Å². The van der Waals surface area contributed by atoms with Crippen molar-refractivity contribution in [1.82, 2.24) is 14.5 Å². The van der Waals surface area contributed by atoms with Gasteiger partial charge in [-0.15, -0.1) is 0 Å². The molecule has 2 heterocycles. The maximum absolute atomic E-state index is 12.6. The Kier molecular flexibility index (Phi) is 5.52. The number of hydrogen-bond donors (Lipinski definition) is 1. The minimum atomic E-state index is -0.697. The Balaban J connectivity index is 1.57. The van der Waals surface area contributed by atoms with Gasteiger partial charge in [0.05, 0.1) is 17.6 Å². The van der Waals surface area contributed by atoms with Gasteiger partial charge in [-0.1, -0.05) is 30.3 Å². The van der Waals surface area contributed by atoms with Crippen LogP contribution in [0.25, 0.3) is 11.0 Å². The maximum atomic E-state index is 12.6. The SMILES string of the molecule is CC(C)(C)N1C[C@@H](c2nc3ccccc3n2C[C@H](O)COc2ccccc2)CC1=O. The average Bonchev–Trinajstić information content (AvgIpc) is 3.28. The predicted octanol–water partition coefficient (Wildman–Crippen LogP) is 3.59. The quantitative estimate of drug-likeness (QED) is 0.678. The van der Waals surface area contributed by atoms with Gasteiger partial charge in [0.25, 0.3) is 0 Å². The van der Waals surface area contributed by atoms with Crippen LogP contribution in [0.2, 0.25) is 0 Å². The molecule has 2 atom stereocenters. The summed E-state index contributed by atoms with van der Waals surface area (Å²) in [6.45, 7) is 7.36. The summed E-state index contributed by atoms with van der Waals surface area (Å²) in [6, 6.07) is 17.4. The Morgan fingerprint density at radius 3 is 2.53 bits per heavy atom. The lowest BCUT2D eigenvalue weighted by molar-refractivity contribution is -0.131. The Morgan fingerprint density at radius 1 is 1.13 bits per heavy atom. The molecule has 4 rings (SSSR count). The number of aromatic nitrogens is 2. The van der Waals surface area contributed by atoms with Crippen LogP contribution in [-0.4, -0.2) is 50.3 Å². The fourth-order valence-electron chi connectivity index (χ4n) is 4.10. The number of rotatable bonds is 6. The second kappa shape index (κ2) is 8.11. The molecule has 6 heteroatoms. The highest BCUT2D eigenvalue weighted by Gasteiger charge is 2.39. The third kappa shape index (κ3) is 4.19. The third-order valence-electron chi connectivity index (χ3n) is 5.56. The van der Waals surface area contributed by atoms with Crippen molar-refractivity contribution in [2.24, 2.45) is 0 Å². The molecular formula is C24H29N3O3. The lowest BCUT2D eigenvalue weighted by Crippen LogP contribution is -2.42. The summed E-state index contributed by atoms with van der Waals surface area (Å²) < 4.78 is 7.78. The van der Waals surface area contributed by atoms with Crippen LogP contribution in [0.1, 0.15) is 38.9 Å². The van der Waals surface area contributed by atoms with Crippen LogP contribution >= 0.6 is 0 Å². The van der Waals surface area contributed by atoms with Crippen molar-refractivity contribution in [1.29, 1.82) is 0 Å².